The second-order valence-electron chi connectivity index (χ2n) is 6.34. The Morgan fingerprint density at radius 2 is 1.95 bits per heavy atom. The number of amides is 1. The Balaban J connectivity index is 0.00000176. The number of nitrogens with zero attached hydrogens (tertiary/aromatic N) is 3. The average Bonchev–Trinajstić information content (AvgIpc) is 3.11. The van der Waals surface area contributed by atoms with Gasteiger partial charge >= 0.3 is 0 Å². The van der Waals surface area contributed by atoms with Gasteiger partial charge in [-0.2, -0.15) is 10.1 Å². The Labute approximate surface area is 137 Å². The van der Waals surface area contributed by atoms with Gasteiger partial charge in [0, 0.05) is 19.4 Å². The lowest BCUT2D eigenvalue weighted by molar-refractivity contribution is -0.117. The van der Waals surface area contributed by atoms with Gasteiger partial charge in [-0.1, -0.05) is 12.8 Å². The summed E-state index contributed by atoms with van der Waals surface area (Å²) < 4.78 is 1.70. The number of aromatic nitrogens is 3. The predicted molar refractivity (Wildman–Crippen MR) is 88.3 cm³/mol. The van der Waals surface area contributed by atoms with Gasteiger partial charge in [-0.15, -0.1) is 12.4 Å². The van der Waals surface area contributed by atoms with Crippen molar-refractivity contribution in [3.05, 3.63) is 5.82 Å². The Kier molecular flexibility index (Phi) is 6.20. The molecule has 1 aromatic heterocycles. The quantitative estimate of drug-likeness (QED) is 0.889. The molecule has 124 valence electrons. The van der Waals surface area contributed by atoms with E-state index < -0.39 is 0 Å². The fourth-order valence-corrected chi connectivity index (χ4v) is 3.42. The highest BCUT2D eigenvalue weighted by atomic mass is 35.5. The maximum absolute atomic E-state index is 12.1. The number of carbonyl (C=O) groups is 1. The van der Waals surface area contributed by atoms with E-state index in [1.807, 2.05) is 7.05 Å². The lowest BCUT2D eigenvalue weighted by atomic mass is 9.98. The van der Waals surface area contributed by atoms with Crippen molar-refractivity contribution < 1.29 is 4.79 Å². The van der Waals surface area contributed by atoms with Crippen LogP contribution in [0.5, 0.6) is 0 Å². The molecule has 0 atom stereocenters. The molecule has 0 bridgehead atoms. The van der Waals surface area contributed by atoms with Gasteiger partial charge in [0.2, 0.25) is 11.9 Å². The summed E-state index contributed by atoms with van der Waals surface area (Å²) in [6, 6.07) is 0. The molecule has 0 aromatic carbocycles. The van der Waals surface area contributed by atoms with Gasteiger partial charge in [0.05, 0.1) is 0 Å². The molecule has 2 N–H and O–H groups in total. The summed E-state index contributed by atoms with van der Waals surface area (Å²) in [5.74, 6) is 2.51. The van der Waals surface area contributed by atoms with Crippen LogP contribution in [0.1, 0.15) is 56.7 Å². The third-order valence-corrected chi connectivity index (χ3v) is 4.68. The second-order valence-corrected chi connectivity index (χ2v) is 6.34. The number of halogens is 1. The fourth-order valence-electron chi connectivity index (χ4n) is 3.42. The molecule has 0 radical (unpaired) electrons. The number of carbonyl (C=O) groups excluding carboxylic acids is 1. The fraction of sp³-hybridized carbons (Fsp3) is 0.800. The van der Waals surface area contributed by atoms with Gasteiger partial charge in [0.1, 0.15) is 0 Å². The van der Waals surface area contributed by atoms with Gasteiger partial charge in [0.15, 0.2) is 5.82 Å². The van der Waals surface area contributed by atoms with Crippen LogP contribution >= 0.6 is 12.4 Å². The molecule has 7 heteroatoms. The number of piperidine rings is 1. The molecular formula is C15H26ClN5O. The van der Waals surface area contributed by atoms with Crippen molar-refractivity contribution in [3.8, 4) is 0 Å². The third-order valence-electron chi connectivity index (χ3n) is 4.68. The minimum atomic E-state index is 0. The van der Waals surface area contributed by atoms with Gasteiger partial charge < -0.3 is 5.32 Å². The van der Waals surface area contributed by atoms with E-state index in [1.165, 1.54) is 25.7 Å². The summed E-state index contributed by atoms with van der Waals surface area (Å²) in [5.41, 5.74) is 0. The number of nitrogens with one attached hydrogen (secondary N) is 2. The second kappa shape index (κ2) is 7.92. The van der Waals surface area contributed by atoms with Gasteiger partial charge in [0.25, 0.3) is 0 Å². The molecule has 1 aliphatic heterocycles. The minimum Gasteiger partial charge on any atom is -0.317 e. The predicted octanol–water partition coefficient (Wildman–Crippen LogP) is 2.22. The van der Waals surface area contributed by atoms with E-state index in [9.17, 15) is 4.79 Å². The van der Waals surface area contributed by atoms with Crippen LogP contribution in [0.2, 0.25) is 0 Å². The van der Waals surface area contributed by atoms with E-state index in [4.69, 9.17) is 0 Å². The maximum atomic E-state index is 12.1. The normalized spacial score (nSPS) is 19.9. The van der Waals surface area contributed by atoms with Crippen LogP contribution < -0.4 is 10.6 Å². The largest absolute Gasteiger partial charge is 0.317 e. The van der Waals surface area contributed by atoms with Crippen molar-refractivity contribution in [2.45, 2.75) is 50.9 Å². The molecule has 2 heterocycles. The maximum Gasteiger partial charge on any atom is 0.227 e. The molecule has 2 aliphatic rings. The molecule has 1 aromatic rings. The number of hydrogen-bond donors (Lipinski definition) is 2. The first-order valence-corrected chi connectivity index (χ1v) is 8.14. The van der Waals surface area contributed by atoms with Crippen LogP contribution in [0.3, 0.4) is 0 Å². The van der Waals surface area contributed by atoms with E-state index in [1.54, 1.807) is 4.68 Å². The Bertz CT molecular complexity index is 492. The number of hydrogen-bond acceptors (Lipinski definition) is 4. The number of aryl methyl sites for hydroxylation is 1. The molecule has 0 spiro atoms. The zero-order chi connectivity index (χ0) is 14.7. The van der Waals surface area contributed by atoms with E-state index >= 15 is 0 Å². The van der Waals surface area contributed by atoms with Crippen LogP contribution in [0, 0.1) is 5.92 Å². The molecule has 1 aliphatic carbocycles. The molecule has 22 heavy (non-hydrogen) atoms. The van der Waals surface area contributed by atoms with Crippen molar-refractivity contribution in [1.82, 2.24) is 20.1 Å². The smallest absolute Gasteiger partial charge is 0.227 e. The van der Waals surface area contributed by atoms with Crippen molar-refractivity contribution in [3.63, 3.8) is 0 Å². The first-order valence-electron chi connectivity index (χ1n) is 8.14. The van der Waals surface area contributed by atoms with Gasteiger partial charge in [-0.25, -0.2) is 4.68 Å². The zero-order valence-corrected chi connectivity index (χ0v) is 14.0. The SMILES string of the molecule is Cl.Cn1nc(C2CCNCC2)nc1NC(=O)CC1CCCC1. The molecule has 1 amide bonds. The lowest BCUT2D eigenvalue weighted by Gasteiger charge is -2.19. The monoisotopic (exact) mass is 327 g/mol. The standard InChI is InChI=1S/C15H25N5O.ClH/c1-20-15(17-13(21)10-11-4-2-3-5-11)18-14(19-20)12-6-8-16-9-7-12;/h11-12,16H,2-10H2,1H3,(H,17,18,19,21);1H. The minimum absolute atomic E-state index is 0. The van der Waals surface area contributed by atoms with E-state index in [0.29, 0.717) is 24.2 Å². The van der Waals surface area contributed by atoms with Crippen molar-refractivity contribution >= 4 is 24.3 Å². The summed E-state index contributed by atoms with van der Waals surface area (Å²) in [4.78, 5) is 16.6. The van der Waals surface area contributed by atoms with Gasteiger partial charge in [-0.05, 0) is 44.7 Å². The molecular weight excluding hydrogens is 302 g/mol. The average molecular weight is 328 g/mol. The van der Waals surface area contributed by atoms with Crippen LogP contribution in [-0.2, 0) is 11.8 Å². The van der Waals surface area contributed by atoms with E-state index in [0.717, 1.165) is 31.8 Å². The molecule has 6 nitrogen and oxygen atoms in total. The summed E-state index contributed by atoms with van der Waals surface area (Å²) >= 11 is 0. The van der Waals surface area contributed by atoms with Gasteiger partial charge in [-0.3, -0.25) is 10.1 Å². The summed E-state index contributed by atoms with van der Waals surface area (Å²) in [5, 5.41) is 10.8. The highest BCUT2D eigenvalue weighted by Crippen LogP contribution is 2.28. The molecule has 1 saturated heterocycles. The third kappa shape index (κ3) is 4.20. The Morgan fingerprint density at radius 1 is 1.27 bits per heavy atom. The number of rotatable bonds is 4. The number of anilines is 1. The highest BCUT2D eigenvalue weighted by Gasteiger charge is 2.22. The molecule has 0 unspecified atom stereocenters. The molecule has 3 rings (SSSR count). The van der Waals surface area contributed by atoms with Crippen LogP contribution in [0.15, 0.2) is 0 Å². The van der Waals surface area contributed by atoms with Crippen LogP contribution in [-0.4, -0.2) is 33.8 Å². The first kappa shape index (κ1) is 17.2. The Morgan fingerprint density at radius 3 is 2.64 bits per heavy atom. The van der Waals surface area contributed by atoms with Crippen LogP contribution in [0.25, 0.3) is 0 Å². The molecule has 1 saturated carbocycles. The van der Waals surface area contributed by atoms with Crippen molar-refractivity contribution in [2.24, 2.45) is 13.0 Å². The Hall–Kier alpha value is -1.14. The van der Waals surface area contributed by atoms with Crippen molar-refractivity contribution in [2.75, 3.05) is 18.4 Å². The van der Waals surface area contributed by atoms with E-state index in [-0.39, 0.29) is 18.3 Å². The van der Waals surface area contributed by atoms with Crippen LogP contribution in [0.4, 0.5) is 5.95 Å². The molecule has 2 fully saturated rings. The summed E-state index contributed by atoms with van der Waals surface area (Å²) in [7, 11) is 1.85. The zero-order valence-electron chi connectivity index (χ0n) is 13.2. The lowest BCUT2D eigenvalue weighted by Crippen LogP contribution is -2.27. The summed E-state index contributed by atoms with van der Waals surface area (Å²) in [6.45, 7) is 2.04. The first-order chi connectivity index (χ1) is 10.2. The topological polar surface area (TPSA) is 71.8 Å². The summed E-state index contributed by atoms with van der Waals surface area (Å²) in [6.07, 6.45) is 7.66. The highest BCUT2D eigenvalue weighted by molar-refractivity contribution is 5.89. The van der Waals surface area contributed by atoms with Crippen molar-refractivity contribution in [1.29, 1.82) is 0 Å². The van der Waals surface area contributed by atoms with E-state index in [2.05, 4.69) is 20.7 Å².